The number of imide groups is 1. The van der Waals surface area contributed by atoms with E-state index < -0.39 is 5.97 Å². The van der Waals surface area contributed by atoms with E-state index in [-0.39, 0.29) is 37.0 Å². The molecule has 0 aromatic carbocycles. The lowest BCUT2D eigenvalue weighted by Crippen LogP contribution is -2.36. The number of carboxylic acid groups (broad SMARTS) is 1. The van der Waals surface area contributed by atoms with Gasteiger partial charge in [0.05, 0.1) is 19.6 Å². The molecule has 1 aliphatic heterocycles. The summed E-state index contributed by atoms with van der Waals surface area (Å²) in [5, 5.41) is 13.6. The number of Topliss-reactive ketones (excluding diaryl/α,β-unsaturated/α-hetero) is 1. The number of hydrogen-bond acceptors (Lipinski definition) is 6. The maximum absolute atomic E-state index is 10.8. The maximum Gasteiger partial charge on any atom is 0.303 e. The zero-order valence-electron chi connectivity index (χ0n) is 11.8. The number of rotatable bonds is 7. The minimum Gasteiger partial charge on any atom is -0.481 e. The summed E-state index contributed by atoms with van der Waals surface area (Å²) in [5.41, 5.74) is 0. The predicted octanol–water partition coefficient (Wildman–Crippen LogP) is -1.05. The number of amides is 2. The lowest BCUT2D eigenvalue weighted by Gasteiger charge is -2.11. The van der Waals surface area contributed by atoms with Crippen molar-refractivity contribution in [2.45, 2.75) is 25.7 Å². The number of carbonyl (C=O) groups excluding carboxylic acids is 3. The van der Waals surface area contributed by atoms with Crippen molar-refractivity contribution in [2.75, 3.05) is 27.3 Å². The van der Waals surface area contributed by atoms with Crippen molar-refractivity contribution < 1.29 is 24.3 Å². The van der Waals surface area contributed by atoms with E-state index >= 15 is 0 Å². The Balaban J connectivity index is 0.000000361. The summed E-state index contributed by atoms with van der Waals surface area (Å²) in [4.78, 5) is 43.5. The van der Waals surface area contributed by atoms with E-state index in [2.05, 4.69) is 10.6 Å². The lowest BCUT2D eigenvalue weighted by atomic mass is 10.2. The first kappa shape index (κ1) is 18.2. The average Bonchev–Trinajstić information content (AvgIpc) is 2.70. The van der Waals surface area contributed by atoms with Gasteiger partial charge in [0, 0.05) is 19.3 Å². The van der Waals surface area contributed by atoms with Gasteiger partial charge in [-0.2, -0.15) is 0 Å². The third-order valence-corrected chi connectivity index (χ3v) is 2.46. The number of likely N-dealkylation sites (tertiary alicyclic amines) is 1. The lowest BCUT2D eigenvalue weighted by molar-refractivity contribution is -0.139. The van der Waals surface area contributed by atoms with Gasteiger partial charge in [-0.1, -0.05) is 0 Å². The summed E-state index contributed by atoms with van der Waals surface area (Å²) in [6, 6.07) is 0. The molecule has 0 aliphatic carbocycles. The highest BCUT2D eigenvalue weighted by Gasteiger charge is 2.27. The third kappa shape index (κ3) is 7.59. The topological polar surface area (TPSA) is 116 Å². The Hall–Kier alpha value is -1.80. The van der Waals surface area contributed by atoms with Crippen LogP contribution in [0, 0.1) is 0 Å². The number of likely N-dealkylation sites (N-methyl/N-ethyl adjacent to an activating group) is 1. The molecule has 1 fully saturated rings. The molecule has 0 bridgehead atoms. The van der Waals surface area contributed by atoms with Crippen LogP contribution in [0.5, 0.6) is 0 Å². The average molecular weight is 287 g/mol. The Labute approximate surface area is 117 Å². The molecule has 8 nitrogen and oxygen atoms in total. The van der Waals surface area contributed by atoms with Gasteiger partial charge in [0.25, 0.3) is 0 Å². The summed E-state index contributed by atoms with van der Waals surface area (Å²) in [6.07, 6.45) is 0.803. The molecule has 0 aromatic heterocycles. The van der Waals surface area contributed by atoms with E-state index in [4.69, 9.17) is 5.11 Å². The molecule has 0 unspecified atom stereocenters. The molecule has 114 valence electrons. The summed E-state index contributed by atoms with van der Waals surface area (Å²) < 4.78 is 0. The fraction of sp³-hybridized carbons (Fsp3) is 0.667. The summed E-state index contributed by atoms with van der Waals surface area (Å²) in [7, 11) is 3.36. The smallest absolute Gasteiger partial charge is 0.303 e. The van der Waals surface area contributed by atoms with E-state index in [0.29, 0.717) is 19.5 Å². The van der Waals surface area contributed by atoms with Crippen LogP contribution in [0.15, 0.2) is 0 Å². The van der Waals surface area contributed by atoms with Crippen molar-refractivity contribution >= 4 is 23.6 Å². The van der Waals surface area contributed by atoms with Gasteiger partial charge in [-0.3, -0.25) is 24.1 Å². The van der Waals surface area contributed by atoms with Crippen LogP contribution in [-0.2, 0) is 19.2 Å². The standard InChI is InChI=1S/C6H10N2O2.C6H11NO3/c1-7-4-8-5(9)2-3-6(8)10;1-7-4-5(8)2-3-6(9)10/h7H,2-4H2,1H3;7H,2-4H2,1H3,(H,9,10). The van der Waals surface area contributed by atoms with Gasteiger partial charge in [-0.05, 0) is 14.1 Å². The first-order chi connectivity index (χ1) is 9.42. The number of carboxylic acids is 1. The first-order valence-electron chi connectivity index (χ1n) is 6.28. The molecule has 1 saturated heterocycles. The highest BCUT2D eigenvalue weighted by molar-refractivity contribution is 6.01. The van der Waals surface area contributed by atoms with E-state index in [0.717, 1.165) is 0 Å². The molecule has 0 radical (unpaired) electrons. The molecule has 0 aromatic rings. The third-order valence-electron chi connectivity index (χ3n) is 2.46. The minimum atomic E-state index is -0.926. The van der Waals surface area contributed by atoms with Crippen LogP contribution in [0.3, 0.4) is 0 Å². The first-order valence-corrected chi connectivity index (χ1v) is 6.28. The summed E-state index contributed by atoms with van der Waals surface area (Å²) in [5.74, 6) is -1.13. The van der Waals surface area contributed by atoms with Crippen molar-refractivity contribution in [3.8, 4) is 0 Å². The fourth-order valence-electron chi connectivity index (χ4n) is 1.49. The van der Waals surface area contributed by atoms with Crippen molar-refractivity contribution in [3.63, 3.8) is 0 Å². The van der Waals surface area contributed by atoms with E-state index in [1.807, 2.05) is 0 Å². The monoisotopic (exact) mass is 287 g/mol. The van der Waals surface area contributed by atoms with Gasteiger partial charge < -0.3 is 15.7 Å². The van der Waals surface area contributed by atoms with Gasteiger partial charge in [-0.15, -0.1) is 0 Å². The van der Waals surface area contributed by atoms with Crippen molar-refractivity contribution in [2.24, 2.45) is 0 Å². The largest absolute Gasteiger partial charge is 0.481 e. The van der Waals surface area contributed by atoms with Crippen LogP contribution in [0.4, 0.5) is 0 Å². The van der Waals surface area contributed by atoms with Crippen LogP contribution < -0.4 is 10.6 Å². The Kier molecular flexibility index (Phi) is 9.14. The zero-order valence-corrected chi connectivity index (χ0v) is 11.8. The number of aliphatic carboxylic acids is 1. The van der Waals surface area contributed by atoms with Crippen molar-refractivity contribution in [3.05, 3.63) is 0 Å². The molecule has 0 atom stereocenters. The molecule has 0 spiro atoms. The van der Waals surface area contributed by atoms with Crippen LogP contribution in [0.2, 0.25) is 0 Å². The zero-order chi connectivity index (χ0) is 15.5. The summed E-state index contributed by atoms with van der Waals surface area (Å²) in [6.45, 7) is 0.602. The number of ketones is 1. The number of nitrogens with zero attached hydrogens (tertiary/aromatic N) is 1. The van der Waals surface area contributed by atoms with Crippen molar-refractivity contribution in [1.29, 1.82) is 0 Å². The SMILES string of the molecule is CNCC(=O)CCC(=O)O.CNCN1C(=O)CCC1=O. The van der Waals surface area contributed by atoms with Crippen LogP contribution in [0.1, 0.15) is 25.7 Å². The Morgan fingerprint density at radius 2 is 1.65 bits per heavy atom. The molecule has 1 rings (SSSR count). The Morgan fingerprint density at radius 3 is 2.05 bits per heavy atom. The van der Waals surface area contributed by atoms with Gasteiger partial charge in [0.1, 0.15) is 5.78 Å². The normalized spacial score (nSPS) is 14.0. The van der Waals surface area contributed by atoms with E-state index in [1.54, 1.807) is 14.1 Å². The van der Waals surface area contributed by atoms with Crippen LogP contribution >= 0.6 is 0 Å². The Morgan fingerprint density at radius 1 is 1.10 bits per heavy atom. The summed E-state index contributed by atoms with van der Waals surface area (Å²) >= 11 is 0. The highest BCUT2D eigenvalue weighted by atomic mass is 16.4. The van der Waals surface area contributed by atoms with Crippen molar-refractivity contribution in [1.82, 2.24) is 15.5 Å². The quantitative estimate of drug-likeness (QED) is 0.512. The second-order valence-electron chi connectivity index (χ2n) is 4.19. The van der Waals surface area contributed by atoms with Crippen LogP contribution in [-0.4, -0.2) is 60.9 Å². The number of carbonyl (C=O) groups is 4. The van der Waals surface area contributed by atoms with Gasteiger partial charge in [0.2, 0.25) is 11.8 Å². The predicted molar refractivity (Wildman–Crippen MR) is 70.8 cm³/mol. The second-order valence-corrected chi connectivity index (χ2v) is 4.19. The van der Waals surface area contributed by atoms with Crippen LogP contribution in [0.25, 0.3) is 0 Å². The molecular weight excluding hydrogens is 266 g/mol. The van der Waals surface area contributed by atoms with E-state index in [1.165, 1.54) is 4.90 Å². The highest BCUT2D eigenvalue weighted by Crippen LogP contribution is 2.09. The molecule has 20 heavy (non-hydrogen) atoms. The Bertz CT molecular complexity index is 354. The number of hydrogen-bond donors (Lipinski definition) is 3. The fourth-order valence-corrected chi connectivity index (χ4v) is 1.49. The molecule has 2 amide bonds. The minimum absolute atomic E-state index is 0.0649. The van der Waals surface area contributed by atoms with Gasteiger partial charge in [0.15, 0.2) is 0 Å². The molecule has 8 heteroatoms. The van der Waals surface area contributed by atoms with Gasteiger partial charge >= 0.3 is 5.97 Å². The number of nitrogens with one attached hydrogen (secondary N) is 2. The molecule has 1 heterocycles. The molecule has 0 saturated carbocycles. The maximum atomic E-state index is 10.8. The molecule has 1 aliphatic rings. The molecular formula is C12H21N3O5. The molecule has 3 N–H and O–H groups in total. The van der Waals surface area contributed by atoms with E-state index in [9.17, 15) is 19.2 Å². The second kappa shape index (κ2) is 10.0. The van der Waals surface area contributed by atoms with Gasteiger partial charge in [-0.25, -0.2) is 0 Å².